The smallest absolute Gasteiger partial charge is 0.142 e. The molecule has 0 spiro atoms. The van der Waals surface area contributed by atoms with Crippen molar-refractivity contribution in [3.8, 4) is 17.3 Å². The van der Waals surface area contributed by atoms with Gasteiger partial charge in [0.25, 0.3) is 0 Å². The third-order valence-corrected chi connectivity index (χ3v) is 6.29. The minimum atomic E-state index is -0.387. The lowest BCUT2D eigenvalue weighted by molar-refractivity contribution is -0.104. The van der Waals surface area contributed by atoms with Gasteiger partial charge in [0.1, 0.15) is 17.9 Å². The number of allylic oxidation sites excluding steroid dienone is 1. The van der Waals surface area contributed by atoms with Crippen LogP contribution in [0.1, 0.15) is 42.9 Å². The summed E-state index contributed by atoms with van der Waals surface area (Å²) >= 11 is 0. The van der Waals surface area contributed by atoms with E-state index in [2.05, 4.69) is 52.5 Å². The van der Waals surface area contributed by atoms with Gasteiger partial charge in [-0.15, -0.1) is 0 Å². The lowest BCUT2D eigenvalue weighted by atomic mass is 9.98. The average molecular weight is 525 g/mol. The highest BCUT2D eigenvalue weighted by Crippen LogP contribution is 2.35. The summed E-state index contributed by atoms with van der Waals surface area (Å²) < 4.78 is 17.2. The Bertz CT molecular complexity index is 1500. The topological polar surface area (TPSA) is 86.3 Å². The van der Waals surface area contributed by atoms with Crippen LogP contribution in [0.2, 0.25) is 0 Å². The molecule has 1 N–H and O–H groups in total. The van der Waals surface area contributed by atoms with Crippen LogP contribution in [0, 0.1) is 17.1 Å². The number of benzene rings is 1. The van der Waals surface area contributed by atoms with E-state index in [9.17, 15) is 0 Å². The number of nitrogens with zero attached hydrogens (tertiary/aromatic N) is 5. The molecule has 39 heavy (non-hydrogen) atoms. The Labute approximate surface area is 229 Å². The molecule has 0 aliphatic carbocycles. The number of aldehydes is 1. The first-order valence-electron chi connectivity index (χ1n) is 12.8. The summed E-state index contributed by atoms with van der Waals surface area (Å²) in [6, 6.07) is 14.6. The quantitative estimate of drug-likeness (QED) is 0.235. The Morgan fingerprint density at radius 2 is 1.97 bits per heavy atom. The van der Waals surface area contributed by atoms with Gasteiger partial charge >= 0.3 is 0 Å². The highest BCUT2D eigenvalue weighted by molar-refractivity contribution is 5.77. The van der Waals surface area contributed by atoms with Crippen LogP contribution in [0.4, 0.5) is 10.2 Å². The maximum absolute atomic E-state index is 15.2. The molecular formula is C31H33FN6O. The predicted octanol–water partition coefficient (Wildman–Crippen LogP) is 6.31. The average Bonchev–Trinajstić information content (AvgIpc) is 3.57. The minimum absolute atomic E-state index is 0.347. The van der Waals surface area contributed by atoms with E-state index >= 15 is 4.39 Å². The van der Waals surface area contributed by atoms with E-state index in [1.165, 1.54) is 23.9 Å². The summed E-state index contributed by atoms with van der Waals surface area (Å²) in [7, 11) is 2.14. The summed E-state index contributed by atoms with van der Waals surface area (Å²) in [5.74, 6) is 0.505. The van der Waals surface area contributed by atoms with Crippen LogP contribution in [0.15, 0.2) is 80.4 Å². The van der Waals surface area contributed by atoms with Gasteiger partial charge in [-0.05, 0) is 74.0 Å². The van der Waals surface area contributed by atoms with E-state index in [1.807, 2.05) is 30.4 Å². The van der Waals surface area contributed by atoms with E-state index < -0.39 is 0 Å². The molecule has 5 rings (SSSR count). The molecule has 1 atom stereocenters. The Morgan fingerprint density at radius 1 is 1.21 bits per heavy atom. The summed E-state index contributed by atoms with van der Waals surface area (Å²) in [6.45, 7) is 13.2. The fraction of sp³-hybridized carbons (Fsp3) is 0.226. The number of pyridine rings is 1. The number of likely N-dealkylation sites (N-methyl/N-ethyl adjacent to an activating group) is 1. The summed E-state index contributed by atoms with van der Waals surface area (Å²) in [4.78, 5) is 19.8. The van der Waals surface area contributed by atoms with Crippen LogP contribution >= 0.6 is 0 Å². The first kappa shape index (κ1) is 29.0. The van der Waals surface area contributed by atoms with Crippen molar-refractivity contribution in [2.75, 3.05) is 25.5 Å². The number of halogens is 1. The second kappa shape index (κ2) is 13.8. The number of carbonyl (C=O) groups is 1. The SMILES string of the molecule is C=C(Nc1cc(C#N)ccn1)c1ccc(-c2cc(C3CCN(C)C3)c3ccncn23)cc1F.C=CC=O.CC. The number of nitriles is 1. The Morgan fingerprint density at radius 3 is 2.62 bits per heavy atom. The van der Waals surface area contributed by atoms with E-state index in [4.69, 9.17) is 10.1 Å². The number of carbonyl (C=O) groups excluding carboxylic acids is 1. The molecule has 8 heteroatoms. The molecular weight excluding hydrogens is 491 g/mol. The van der Waals surface area contributed by atoms with Gasteiger partial charge < -0.3 is 14.6 Å². The highest BCUT2D eigenvalue weighted by Gasteiger charge is 2.25. The zero-order valence-corrected chi connectivity index (χ0v) is 22.6. The molecule has 1 saturated heterocycles. The summed E-state index contributed by atoms with van der Waals surface area (Å²) in [5, 5.41) is 12.0. The number of likely N-dealkylation sites (tertiary alicyclic amines) is 1. The van der Waals surface area contributed by atoms with Crippen molar-refractivity contribution < 1.29 is 9.18 Å². The molecule has 0 radical (unpaired) electrons. The molecule has 4 heterocycles. The zero-order chi connectivity index (χ0) is 28.4. The molecule has 3 aromatic heterocycles. The number of rotatable bonds is 6. The number of fused-ring (bicyclic) bond motifs is 1. The third-order valence-electron chi connectivity index (χ3n) is 6.29. The first-order chi connectivity index (χ1) is 18.9. The van der Waals surface area contributed by atoms with Crippen molar-refractivity contribution in [3.63, 3.8) is 0 Å². The highest BCUT2D eigenvalue weighted by atomic mass is 19.1. The molecule has 7 nitrogen and oxygen atoms in total. The molecule has 1 aliphatic rings. The Kier molecular flexibility index (Phi) is 10.2. The van der Waals surface area contributed by atoms with Crippen molar-refractivity contribution in [2.24, 2.45) is 0 Å². The number of nitrogens with one attached hydrogen (secondary N) is 1. The lowest BCUT2D eigenvalue weighted by Crippen LogP contribution is -2.13. The number of anilines is 1. The van der Waals surface area contributed by atoms with Gasteiger partial charge in [0.15, 0.2) is 0 Å². The molecule has 0 amide bonds. The largest absolute Gasteiger partial charge is 0.340 e. The van der Waals surface area contributed by atoms with Gasteiger partial charge in [0.05, 0.1) is 29.2 Å². The molecule has 1 aliphatic heterocycles. The fourth-order valence-corrected chi connectivity index (χ4v) is 4.53. The van der Waals surface area contributed by atoms with E-state index in [0.29, 0.717) is 34.8 Å². The van der Waals surface area contributed by atoms with Gasteiger partial charge in [0.2, 0.25) is 0 Å². The second-order valence-electron chi connectivity index (χ2n) is 8.78. The normalized spacial score (nSPS) is 14.3. The Balaban J connectivity index is 0.000000644. The van der Waals surface area contributed by atoms with E-state index in [-0.39, 0.29) is 5.82 Å². The molecule has 4 aromatic rings. The monoisotopic (exact) mass is 524 g/mol. The third kappa shape index (κ3) is 6.83. The Hall–Kier alpha value is -4.61. The molecule has 1 fully saturated rings. The molecule has 0 bridgehead atoms. The lowest BCUT2D eigenvalue weighted by Gasteiger charge is -2.11. The summed E-state index contributed by atoms with van der Waals surface area (Å²) in [5.41, 5.74) is 5.26. The van der Waals surface area contributed by atoms with Gasteiger partial charge in [-0.2, -0.15) is 5.26 Å². The summed E-state index contributed by atoms with van der Waals surface area (Å²) in [6.07, 6.45) is 8.06. The zero-order valence-electron chi connectivity index (χ0n) is 22.6. The minimum Gasteiger partial charge on any atom is -0.340 e. The van der Waals surface area contributed by atoms with Crippen molar-refractivity contribution >= 4 is 23.3 Å². The van der Waals surface area contributed by atoms with E-state index in [1.54, 1.807) is 30.7 Å². The molecule has 200 valence electrons. The van der Waals surface area contributed by atoms with Gasteiger partial charge in [-0.25, -0.2) is 14.4 Å². The predicted molar refractivity (Wildman–Crippen MR) is 155 cm³/mol. The number of hydrogen-bond acceptors (Lipinski definition) is 6. The molecule has 1 aromatic carbocycles. The van der Waals surface area contributed by atoms with Crippen LogP contribution in [0.3, 0.4) is 0 Å². The standard InChI is InChI=1S/C26H23FN6.C3H4O.C2H6/c1-17(31-26-11-18(14-28)5-9-30-26)21-4-3-19(12-23(21)27)25-13-22(20-7-10-32(2)15-20)24-6-8-29-16-33(24)25;1-2-3-4;1-2/h3-6,8-9,11-13,16,20H,1,7,10,15H2,2H3,(H,30,31);2-3H,1H2;1-2H3. The number of hydrogen-bond donors (Lipinski definition) is 1. The number of aromatic nitrogens is 3. The fourth-order valence-electron chi connectivity index (χ4n) is 4.53. The maximum atomic E-state index is 15.2. The molecule has 1 unspecified atom stereocenters. The van der Waals surface area contributed by atoms with Gasteiger partial charge in [0, 0.05) is 35.8 Å². The second-order valence-corrected chi connectivity index (χ2v) is 8.78. The van der Waals surface area contributed by atoms with Crippen molar-refractivity contribution in [1.29, 1.82) is 5.26 Å². The van der Waals surface area contributed by atoms with Gasteiger partial charge in [-0.1, -0.05) is 33.1 Å². The maximum Gasteiger partial charge on any atom is 0.142 e. The van der Waals surface area contributed by atoms with Gasteiger partial charge in [-0.3, -0.25) is 4.79 Å². The van der Waals surface area contributed by atoms with Crippen LogP contribution in [-0.4, -0.2) is 45.7 Å². The van der Waals surface area contributed by atoms with Crippen molar-refractivity contribution in [2.45, 2.75) is 26.2 Å². The van der Waals surface area contributed by atoms with Crippen molar-refractivity contribution in [1.82, 2.24) is 19.3 Å². The van der Waals surface area contributed by atoms with Crippen LogP contribution in [0.5, 0.6) is 0 Å². The van der Waals surface area contributed by atoms with E-state index in [0.717, 1.165) is 36.3 Å². The van der Waals surface area contributed by atoms with Crippen LogP contribution in [0.25, 0.3) is 22.5 Å². The first-order valence-corrected chi connectivity index (χ1v) is 12.8. The molecule has 0 saturated carbocycles. The van der Waals surface area contributed by atoms with Crippen LogP contribution < -0.4 is 5.32 Å². The van der Waals surface area contributed by atoms with Crippen LogP contribution in [-0.2, 0) is 4.79 Å². The van der Waals surface area contributed by atoms with Crippen molar-refractivity contribution in [3.05, 3.63) is 103 Å².